The molecule has 2 amide bonds. The van der Waals surface area contributed by atoms with Gasteiger partial charge in [0, 0.05) is 24.4 Å². The number of hydrogen-bond donors (Lipinski definition) is 1. The van der Waals surface area contributed by atoms with Crippen molar-refractivity contribution >= 4 is 11.8 Å². The van der Waals surface area contributed by atoms with Crippen molar-refractivity contribution in [3.8, 4) is 0 Å². The minimum Gasteiger partial charge on any atom is -0.351 e. The summed E-state index contributed by atoms with van der Waals surface area (Å²) in [4.78, 5) is 27.4. The molecule has 4 nitrogen and oxygen atoms in total. The van der Waals surface area contributed by atoms with Crippen LogP contribution < -0.4 is 5.32 Å². The summed E-state index contributed by atoms with van der Waals surface area (Å²) in [6.07, 6.45) is 7.89. The molecule has 1 aliphatic heterocycles. The highest BCUT2D eigenvalue weighted by Crippen LogP contribution is 2.41. The molecule has 3 atom stereocenters. The Hall–Kier alpha value is -1.91. The number of benzene rings is 1. The number of halogens is 1. The number of amides is 2. The molecule has 2 saturated carbocycles. The molecule has 0 aromatic heterocycles. The minimum atomic E-state index is -0.321. The van der Waals surface area contributed by atoms with Gasteiger partial charge in [-0.25, -0.2) is 4.39 Å². The highest BCUT2D eigenvalue weighted by Gasteiger charge is 2.43. The zero-order valence-corrected chi connectivity index (χ0v) is 15.1. The Labute approximate surface area is 154 Å². The second kappa shape index (κ2) is 7.37. The van der Waals surface area contributed by atoms with E-state index < -0.39 is 0 Å². The molecular formula is C21H27FN2O2. The summed E-state index contributed by atoms with van der Waals surface area (Å²) in [6, 6.07) is 6.35. The van der Waals surface area contributed by atoms with Crippen LogP contribution in [-0.4, -0.2) is 35.3 Å². The Bertz CT molecular complexity index is 686. The van der Waals surface area contributed by atoms with E-state index in [0.29, 0.717) is 6.54 Å². The molecule has 0 spiro atoms. The van der Waals surface area contributed by atoms with Crippen molar-refractivity contribution in [2.24, 2.45) is 5.92 Å². The molecule has 0 bridgehead atoms. The van der Waals surface area contributed by atoms with Crippen molar-refractivity contribution < 1.29 is 14.0 Å². The van der Waals surface area contributed by atoms with Gasteiger partial charge in [-0.2, -0.15) is 0 Å². The van der Waals surface area contributed by atoms with Gasteiger partial charge in [-0.1, -0.05) is 31.4 Å². The van der Waals surface area contributed by atoms with Crippen LogP contribution in [0.3, 0.4) is 0 Å². The van der Waals surface area contributed by atoms with Crippen LogP contribution in [0.5, 0.6) is 0 Å². The summed E-state index contributed by atoms with van der Waals surface area (Å²) in [5, 5.41) is 3.10. The van der Waals surface area contributed by atoms with Crippen molar-refractivity contribution in [2.45, 2.75) is 69.4 Å². The first-order chi connectivity index (χ1) is 12.6. The third kappa shape index (κ3) is 3.62. The number of nitrogens with one attached hydrogen (secondary N) is 1. The summed E-state index contributed by atoms with van der Waals surface area (Å²) < 4.78 is 13.4. The highest BCUT2D eigenvalue weighted by molar-refractivity contribution is 5.89. The third-order valence-electron chi connectivity index (χ3n) is 6.19. The fourth-order valence-corrected chi connectivity index (χ4v) is 4.63. The standard InChI is InChI=1S/C21H27FN2O2/c22-16-9-4-8-15(12-16)17-13-18(17)23-20(25)19-10-5-11-24(19)21(26)14-6-2-1-3-7-14/h4,8-9,12,14,17-19H,1-3,5-7,10-11,13H2,(H,23,25)/t17-,18+,19+/m0/s1. The molecule has 140 valence electrons. The molecule has 3 fully saturated rings. The fraction of sp³-hybridized carbons (Fsp3) is 0.619. The Morgan fingerprint density at radius 3 is 2.65 bits per heavy atom. The molecule has 0 radical (unpaired) electrons. The average molecular weight is 358 g/mol. The molecule has 26 heavy (non-hydrogen) atoms. The maximum atomic E-state index is 13.4. The molecule has 3 aliphatic rings. The number of hydrogen-bond acceptors (Lipinski definition) is 2. The average Bonchev–Trinajstić information content (AvgIpc) is 3.24. The molecule has 1 aromatic carbocycles. The summed E-state index contributed by atoms with van der Waals surface area (Å²) >= 11 is 0. The van der Waals surface area contributed by atoms with Gasteiger partial charge in [0.05, 0.1) is 0 Å². The number of rotatable bonds is 4. The minimum absolute atomic E-state index is 0.0319. The molecule has 1 N–H and O–H groups in total. The van der Waals surface area contributed by atoms with Crippen LogP contribution in [0.4, 0.5) is 4.39 Å². The Morgan fingerprint density at radius 2 is 1.88 bits per heavy atom. The van der Waals surface area contributed by atoms with Gasteiger partial charge in [0.15, 0.2) is 0 Å². The summed E-state index contributed by atoms with van der Waals surface area (Å²) in [5.41, 5.74) is 0.942. The van der Waals surface area contributed by atoms with E-state index in [2.05, 4.69) is 5.32 Å². The lowest BCUT2D eigenvalue weighted by atomic mass is 9.88. The van der Waals surface area contributed by atoms with Crippen LogP contribution in [0.1, 0.15) is 62.8 Å². The maximum absolute atomic E-state index is 13.4. The van der Waals surface area contributed by atoms with E-state index in [1.807, 2.05) is 11.0 Å². The lowest BCUT2D eigenvalue weighted by molar-refractivity contribution is -0.142. The topological polar surface area (TPSA) is 49.4 Å². The largest absolute Gasteiger partial charge is 0.351 e. The highest BCUT2D eigenvalue weighted by atomic mass is 19.1. The van der Waals surface area contributed by atoms with Crippen molar-refractivity contribution in [3.63, 3.8) is 0 Å². The predicted octanol–water partition coefficient (Wildman–Crippen LogP) is 3.37. The number of carbonyl (C=O) groups excluding carboxylic acids is 2. The zero-order valence-electron chi connectivity index (χ0n) is 15.1. The smallest absolute Gasteiger partial charge is 0.243 e. The van der Waals surface area contributed by atoms with Gasteiger partial charge in [0.25, 0.3) is 0 Å². The summed E-state index contributed by atoms with van der Waals surface area (Å²) in [5.74, 6) is 0.214. The maximum Gasteiger partial charge on any atom is 0.243 e. The molecule has 5 heteroatoms. The van der Waals surface area contributed by atoms with Gasteiger partial charge in [0.2, 0.25) is 11.8 Å². The van der Waals surface area contributed by atoms with Gasteiger partial charge < -0.3 is 10.2 Å². The normalized spacial score (nSPS) is 28.8. The molecule has 2 aliphatic carbocycles. The Balaban J connectivity index is 1.35. The van der Waals surface area contributed by atoms with Crippen LogP contribution in [-0.2, 0) is 9.59 Å². The van der Waals surface area contributed by atoms with E-state index in [4.69, 9.17) is 0 Å². The first-order valence-corrected chi connectivity index (χ1v) is 10.00. The molecule has 1 heterocycles. The van der Waals surface area contributed by atoms with Crippen LogP contribution in [0.15, 0.2) is 24.3 Å². The van der Waals surface area contributed by atoms with E-state index in [0.717, 1.165) is 50.5 Å². The van der Waals surface area contributed by atoms with Gasteiger partial charge in [0.1, 0.15) is 11.9 Å². The molecule has 1 saturated heterocycles. The van der Waals surface area contributed by atoms with Crippen molar-refractivity contribution in [2.75, 3.05) is 6.54 Å². The van der Waals surface area contributed by atoms with E-state index in [9.17, 15) is 14.0 Å². The SMILES string of the molecule is O=C(N[C@@H]1C[C@H]1c1cccc(F)c1)[C@H]1CCCN1C(=O)C1CCCCC1. The number of likely N-dealkylation sites (tertiary alicyclic amines) is 1. The van der Waals surface area contributed by atoms with Crippen LogP contribution in [0, 0.1) is 11.7 Å². The first kappa shape index (κ1) is 17.5. The zero-order chi connectivity index (χ0) is 18.1. The van der Waals surface area contributed by atoms with Gasteiger partial charge >= 0.3 is 0 Å². The molecule has 1 aromatic rings. The number of carbonyl (C=O) groups is 2. The second-order valence-corrected chi connectivity index (χ2v) is 8.04. The van der Waals surface area contributed by atoms with Crippen molar-refractivity contribution in [1.29, 1.82) is 0 Å². The van der Waals surface area contributed by atoms with Crippen LogP contribution >= 0.6 is 0 Å². The summed E-state index contributed by atoms with van der Waals surface area (Å²) in [7, 11) is 0. The quantitative estimate of drug-likeness (QED) is 0.897. The number of nitrogens with zero attached hydrogens (tertiary/aromatic N) is 1. The lowest BCUT2D eigenvalue weighted by Gasteiger charge is -2.30. The van der Waals surface area contributed by atoms with E-state index in [1.165, 1.54) is 12.5 Å². The monoisotopic (exact) mass is 358 g/mol. The molecular weight excluding hydrogens is 331 g/mol. The van der Waals surface area contributed by atoms with Gasteiger partial charge in [-0.15, -0.1) is 0 Å². The Kier molecular flexibility index (Phi) is 4.96. The second-order valence-electron chi connectivity index (χ2n) is 8.04. The lowest BCUT2D eigenvalue weighted by Crippen LogP contribution is -2.48. The van der Waals surface area contributed by atoms with E-state index in [-0.39, 0.29) is 41.6 Å². The van der Waals surface area contributed by atoms with E-state index in [1.54, 1.807) is 12.1 Å². The van der Waals surface area contributed by atoms with E-state index >= 15 is 0 Å². The van der Waals surface area contributed by atoms with Crippen LogP contribution in [0.25, 0.3) is 0 Å². The van der Waals surface area contributed by atoms with Gasteiger partial charge in [-0.05, 0) is 49.8 Å². The van der Waals surface area contributed by atoms with Crippen molar-refractivity contribution in [3.05, 3.63) is 35.6 Å². The third-order valence-corrected chi connectivity index (χ3v) is 6.19. The van der Waals surface area contributed by atoms with Crippen molar-refractivity contribution in [1.82, 2.24) is 10.2 Å². The molecule has 4 rings (SSSR count). The van der Waals surface area contributed by atoms with Crippen LogP contribution in [0.2, 0.25) is 0 Å². The first-order valence-electron chi connectivity index (χ1n) is 10.00. The Morgan fingerprint density at radius 1 is 1.08 bits per heavy atom. The predicted molar refractivity (Wildman–Crippen MR) is 97.0 cm³/mol. The fourth-order valence-electron chi connectivity index (χ4n) is 4.63. The molecule has 0 unspecified atom stereocenters. The van der Waals surface area contributed by atoms with Gasteiger partial charge in [-0.3, -0.25) is 9.59 Å². The summed E-state index contributed by atoms with van der Waals surface area (Å²) in [6.45, 7) is 0.700.